The van der Waals surface area contributed by atoms with Crippen molar-refractivity contribution in [2.45, 2.75) is 0 Å². The van der Waals surface area contributed by atoms with Crippen LogP contribution in [-0.4, -0.2) is 12.7 Å². The molecule has 0 bridgehead atoms. The molecule has 0 atom stereocenters. The molecule has 0 aromatic carbocycles. The molecule has 1 aliphatic carbocycles. The van der Waals surface area contributed by atoms with Gasteiger partial charge in [-0.3, -0.25) is 0 Å². The van der Waals surface area contributed by atoms with Crippen molar-refractivity contribution in [2.24, 2.45) is 0 Å². The Kier molecular flexibility index (Phi) is 2.02. The van der Waals surface area contributed by atoms with Crippen molar-refractivity contribution >= 4 is 19.0 Å². The Morgan fingerprint density at radius 3 is 3.08 bits per heavy atom. The fourth-order valence-electron chi connectivity index (χ4n) is 1.18. The van der Waals surface area contributed by atoms with Gasteiger partial charge in [0.1, 0.15) is 5.75 Å². The molecule has 2 nitrogen and oxygen atoms in total. The molecule has 1 heterocycles. The fraction of sp³-hybridized carbons (Fsp3) is 0. The van der Waals surface area contributed by atoms with Gasteiger partial charge in [0.15, 0.2) is 0 Å². The first-order valence-corrected chi connectivity index (χ1v) is 4.54. The van der Waals surface area contributed by atoms with E-state index in [2.05, 4.69) is 5.38 Å². The maximum Gasteiger partial charge on any atom is 0.504 e. The molecule has 0 aromatic heterocycles. The summed E-state index contributed by atoms with van der Waals surface area (Å²) in [6.45, 7) is 0. The first-order valence-electron chi connectivity index (χ1n) is 3.60. The highest BCUT2D eigenvalue weighted by molar-refractivity contribution is 7.07. The van der Waals surface area contributed by atoms with Gasteiger partial charge in [0, 0.05) is 5.56 Å². The molecular weight excluding hydrogens is 171 g/mol. The van der Waals surface area contributed by atoms with Crippen LogP contribution < -0.4 is 4.65 Å². The van der Waals surface area contributed by atoms with Gasteiger partial charge < -0.3 is 9.68 Å². The number of rotatable bonds is 2. The van der Waals surface area contributed by atoms with Crippen LogP contribution in [0.25, 0.3) is 11.1 Å². The quantitative estimate of drug-likeness (QED) is 0.706. The lowest BCUT2D eigenvalue weighted by Crippen LogP contribution is -1.99. The van der Waals surface area contributed by atoms with E-state index in [4.69, 9.17) is 9.68 Å². The highest BCUT2D eigenvalue weighted by atomic mass is 32.1. The second kappa shape index (κ2) is 3.17. The van der Waals surface area contributed by atoms with Crippen LogP contribution in [0.2, 0.25) is 0 Å². The summed E-state index contributed by atoms with van der Waals surface area (Å²) in [7, 11) is -0.266. The summed E-state index contributed by atoms with van der Waals surface area (Å²) in [5.74, 6) is 0.750. The van der Waals surface area contributed by atoms with Crippen molar-refractivity contribution in [3.05, 3.63) is 29.0 Å². The Hall–Kier alpha value is -0.995. The number of fused-ring (bicyclic) bond motifs is 1. The van der Waals surface area contributed by atoms with E-state index < -0.39 is 0 Å². The van der Waals surface area contributed by atoms with Crippen molar-refractivity contribution < 1.29 is 9.68 Å². The molecule has 0 fully saturated rings. The van der Waals surface area contributed by atoms with E-state index >= 15 is 0 Å². The van der Waals surface area contributed by atoms with Crippen molar-refractivity contribution in [1.29, 1.82) is 0 Å². The Bertz CT molecular complexity index is 347. The molecule has 60 valence electrons. The molecule has 1 aliphatic heterocycles. The highest BCUT2D eigenvalue weighted by Gasteiger charge is 2.08. The largest absolute Gasteiger partial charge is 0.538 e. The first kappa shape index (κ1) is 7.64. The average Bonchev–Trinajstić information content (AvgIpc) is 2.50. The number of hydrogen-bond acceptors (Lipinski definition) is 3. The zero-order valence-corrected chi connectivity index (χ0v) is 7.17. The first-order chi connectivity index (χ1) is 5.92. The van der Waals surface area contributed by atoms with E-state index in [0.717, 1.165) is 16.9 Å². The van der Waals surface area contributed by atoms with Crippen LogP contribution in [0.3, 0.4) is 0 Å². The molecule has 2 rings (SSSR count). The molecule has 0 radical (unpaired) electrons. The van der Waals surface area contributed by atoms with Gasteiger partial charge in [-0.2, -0.15) is 11.3 Å². The van der Waals surface area contributed by atoms with Crippen LogP contribution in [0.5, 0.6) is 5.75 Å². The molecule has 0 spiro atoms. The van der Waals surface area contributed by atoms with Crippen molar-refractivity contribution in [3.8, 4) is 16.9 Å². The minimum atomic E-state index is -0.266. The van der Waals surface area contributed by atoms with Gasteiger partial charge in [0.25, 0.3) is 0 Å². The Morgan fingerprint density at radius 2 is 2.25 bits per heavy atom. The fourth-order valence-corrected chi connectivity index (χ4v) is 1.83. The Balaban J connectivity index is 2.45. The van der Waals surface area contributed by atoms with E-state index in [1.54, 1.807) is 11.3 Å². The third kappa shape index (κ3) is 1.19. The van der Waals surface area contributed by atoms with Crippen LogP contribution in [0.4, 0.5) is 0 Å². The van der Waals surface area contributed by atoms with Gasteiger partial charge in [-0.05, 0) is 34.5 Å². The standard InChI is InChI=1S/C8H7BO2S/c10-9-11-8-2-1-6-5-12-4-3-7(6)8/h1-5,9-10H. The minimum absolute atomic E-state index is 0.266. The maximum atomic E-state index is 8.58. The lowest BCUT2D eigenvalue weighted by molar-refractivity contribution is 0.455. The normalized spacial score (nSPS) is 10.1. The van der Waals surface area contributed by atoms with Gasteiger partial charge in [-0.15, -0.1) is 0 Å². The summed E-state index contributed by atoms with van der Waals surface area (Å²) < 4.78 is 5.02. The minimum Gasteiger partial charge on any atom is -0.538 e. The van der Waals surface area contributed by atoms with E-state index in [0.29, 0.717) is 0 Å². The zero-order chi connectivity index (χ0) is 8.39. The number of hydrogen-bond donors (Lipinski definition) is 1. The van der Waals surface area contributed by atoms with E-state index in [1.807, 2.05) is 23.6 Å². The smallest absolute Gasteiger partial charge is 0.504 e. The molecule has 0 aromatic rings. The van der Waals surface area contributed by atoms with Crippen molar-refractivity contribution in [1.82, 2.24) is 0 Å². The van der Waals surface area contributed by atoms with E-state index in [9.17, 15) is 0 Å². The monoisotopic (exact) mass is 178 g/mol. The summed E-state index contributed by atoms with van der Waals surface area (Å²) >= 11 is 1.65. The van der Waals surface area contributed by atoms with Gasteiger partial charge in [0.05, 0.1) is 0 Å². The second-order valence-electron chi connectivity index (χ2n) is 2.40. The van der Waals surface area contributed by atoms with Crippen LogP contribution >= 0.6 is 11.3 Å². The molecule has 0 saturated heterocycles. The van der Waals surface area contributed by atoms with Gasteiger partial charge >= 0.3 is 7.69 Å². The Labute approximate surface area is 75.1 Å². The summed E-state index contributed by atoms with van der Waals surface area (Å²) in [6.07, 6.45) is 0. The topological polar surface area (TPSA) is 29.5 Å². The van der Waals surface area contributed by atoms with Crippen molar-refractivity contribution in [2.75, 3.05) is 0 Å². The summed E-state index contributed by atoms with van der Waals surface area (Å²) in [5, 5.41) is 12.6. The molecule has 4 heteroatoms. The highest BCUT2D eigenvalue weighted by Crippen LogP contribution is 2.34. The van der Waals surface area contributed by atoms with Gasteiger partial charge in [-0.1, -0.05) is 0 Å². The lowest BCUT2D eigenvalue weighted by Gasteiger charge is -2.02. The van der Waals surface area contributed by atoms with Crippen molar-refractivity contribution in [3.63, 3.8) is 0 Å². The van der Waals surface area contributed by atoms with Crippen LogP contribution in [0, 0.1) is 0 Å². The molecule has 0 amide bonds. The predicted molar refractivity (Wildman–Crippen MR) is 50.9 cm³/mol. The summed E-state index contributed by atoms with van der Waals surface area (Å²) in [4.78, 5) is 0. The average molecular weight is 178 g/mol. The van der Waals surface area contributed by atoms with Crippen LogP contribution in [0.15, 0.2) is 29.0 Å². The molecule has 0 unspecified atom stereocenters. The molecular formula is C8H7BO2S. The zero-order valence-electron chi connectivity index (χ0n) is 6.36. The molecule has 1 N–H and O–H groups in total. The summed E-state index contributed by atoms with van der Waals surface area (Å²) in [6, 6.07) is 5.84. The van der Waals surface area contributed by atoms with E-state index in [1.165, 1.54) is 0 Å². The summed E-state index contributed by atoms with van der Waals surface area (Å²) in [5.41, 5.74) is 2.22. The SMILES string of the molecule is OBOc1ccc2csccc1-2. The Morgan fingerprint density at radius 1 is 1.33 bits per heavy atom. The molecule has 2 aliphatic rings. The van der Waals surface area contributed by atoms with Gasteiger partial charge in [-0.25, -0.2) is 0 Å². The van der Waals surface area contributed by atoms with Crippen LogP contribution in [-0.2, 0) is 0 Å². The van der Waals surface area contributed by atoms with Gasteiger partial charge in [0.2, 0.25) is 0 Å². The molecule has 0 saturated carbocycles. The second-order valence-corrected chi connectivity index (χ2v) is 3.18. The lowest BCUT2D eigenvalue weighted by atomic mass is 10.2. The predicted octanol–water partition coefficient (Wildman–Crippen LogP) is 1.49. The molecule has 12 heavy (non-hydrogen) atoms. The third-order valence-corrected chi connectivity index (χ3v) is 2.40. The third-order valence-electron chi connectivity index (χ3n) is 1.72. The van der Waals surface area contributed by atoms with E-state index in [-0.39, 0.29) is 7.69 Å². The van der Waals surface area contributed by atoms with Crippen LogP contribution in [0.1, 0.15) is 0 Å². The maximum absolute atomic E-state index is 8.58.